The summed E-state index contributed by atoms with van der Waals surface area (Å²) in [7, 11) is 0. The molecule has 0 aliphatic heterocycles. The summed E-state index contributed by atoms with van der Waals surface area (Å²) in [5, 5.41) is 7.36. The fourth-order valence-electron chi connectivity index (χ4n) is 3.27. The molecule has 0 radical (unpaired) electrons. The number of amides is 1. The Morgan fingerprint density at radius 2 is 1.76 bits per heavy atom. The molecular weight excluding hydrogens is 362 g/mol. The molecule has 0 fully saturated rings. The molecule has 1 amide bonds. The molecule has 2 heterocycles. The Morgan fingerprint density at radius 1 is 1.00 bits per heavy atom. The lowest BCUT2D eigenvalue weighted by molar-refractivity contribution is 0.0950. The van der Waals surface area contributed by atoms with Gasteiger partial charge in [-0.2, -0.15) is 0 Å². The van der Waals surface area contributed by atoms with Crippen LogP contribution in [0.25, 0.3) is 10.9 Å². The number of anilines is 1. The first-order valence-corrected chi connectivity index (χ1v) is 9.64. The van der Waals surface area contributed by atoms with Crippen molar-refractivity contribution in [3.8, 4) is 0 Å². The first kappa shape index (κ1) is 18.7. The lowest BCUT2D eigenvalue weighted by atomic mass is 10.1. The number of fused-ring (bicyclic) bond motifs is 1. The molecule has 146 valence electrons. The van der Waals surface area contributed by atoms with Crippen LogP contribution in [0.4, 0.5) is 5.95 Å². The fourth-order valence-corrected chi connectivity index (χ4v) is 3.27. The molecule has 29 heavy (non-hydrogen) atoms. The van der Waals surface area contributed by atoms with Gasteiger partial charge in [0.25, 0.3) is 5.91 Å². The van der Waals surface area contributed by atoms with Gasteiger partial charge in [-0.25, -0.2) is 9.97 Å². The fraction of sp³-hybridized carbons (Fsp3) is 0.174. The number of carbonyl (C=O) groups excluding carboxylic acids is 1. The zero-order chi connectivity index (χ0) is 20.1. The van der Waals surface area contributed by atoms with Crippen LogP contribution in [0.1, 0.15) is 27.0 Å². The summed E-state index contributed by atoms with van der Waals surface area (Å²) in [5.74, 6) is 0.332. The van der Waals surface area contributed by atoms with Gasteiger partial charge in [0, 0.05) is 42.6 Å². The van der Waals surface area contributed by atoms with Crippen LogP contribution in [0.2, 0.25) is 0 Å². The number of hydrogen-bond acceptors (Lipinski definition) is 4. The average molecular weight is 385 g/mol. The quantitative estimate of drug-likeness (QED) is 0.451. The molecule has 0 atom stereocenters. The third-order valence-electron chi connectivity index (χ3n) is 4.97. The van der Waals surface area contributed by atoms with E-state index in [4.69, 9.17) is 0 Å². The number of aromatic nitrogens is 3. The minimum atomic E-state index is -0.182. The molecule has 0 saturated carbocycles. The van der Waals surface area contributed by atoms with Crippen molar-refractivity contribution in [3.63, 3.8) is 0 Å². The third kappa shape index (κ3) is 4.43. The Morgan fingerprint density at radius 3 is 2.59 bits per heavy atom. The number of benzene rings is 2. The van der Waals surface area contributed by atoms with Crippen molar-refractivity contribution in [2.75, 3.05) is 11.9 Å². The Kier molecular flexibility index (Phi) is 5.52. The minimum Gasteiger partial charge on any atom is -0.361 e. The zero-order valence-electron chi connectivity index (χ0n) is 16.3. The predicted octanol–water partition coefficient (Wildman–Crippen LogP) is 3.85. The van der Waals surface area contributed by atoms with E-state index in [0.717, 1.165) is 23.1 Å². The maximum Gasteiger partial charge on any atom is 0.254 e. The molecule has 0 unspecified atom stereocenters. The van der Waals surface area contributed by atoms with Gasteiger partial charge in [-0.1, -0.05) is 42.5 Å². The molecule has 0 saturated heterocycles. The van der Waals surface area contributed by atoms with Crippen molar-refractivity contribution in [2.45, 2.75) is 19.9 Å². The molecule has 4 rings (SSSR count). The van der Waals surface area contributed by atoms with Gasteiger partial charge in [0.05, 0.1) is 5.56 Å². The van der Waals surface area contributed by atoms with Crippen LogP contribution in [0.15, 0.2) is 67.1 Å². The molecule has 6 nitrogen and oxygen atoms in total. The SMILES string of the molecule is Cc1ccccc1CNC(=O)c1cnc(NCCc2c[nH]c3ccccc23)nc1. The van der Waals surface area contributed by atoms with Crippen LogP contribution in [-0.2, 0) is 13.0 Å². The number of H-pyrrole nitrogens is 1. The molecule has 6 heteroatoms. The Hall–Kier alpha value is -3.67. The van der Waals surface area contributed by atoms with Gasteiger partial charge in [0.15, 0.2) is 0 Å². The number of aryl methyl sites for hydroxylation is 1. The summed E-state index contributed by atoms with van der Waals surface area (Å²) in [4.78, 5) is 24.1. The summed E-state index contributed by atoms with van der Waals surface area (Å²) in [6, 6.07) is 16.2. The summed E-state index contributed by atoms with van der Waals surface area (Å²) in [5.41, 5.74) is 5.08. The van der Waals surface area contributed by atoms with Crippen LogP contribution < -0.4 is 10.6 Å². The topological polar surface area (TPSA) is 82.7 Å². The predicted molar refractivity (Wildman–Crippen MR) is 115 cm³/mol. The highest BCUT2D eigenvalue weighted by atomic mass is 16.1. The van der Waals surface area contributed by atoms with E-state index < -0.39 is 0 Å². The molecule has 0 spiro atoms. The van der Waals surface area contributed by atoms with E-state index >= 15 is 0 Å². The molecular formula is C23H23N5O. The van der Waals surface area contributed by atoms with E-state index in [-0.39, 0.29) is 5.91 Å². The van der Waals surface area contributed by atoms with E-state index in [0.29, 0.717) is 24.6 Å². The maximum absolute atomic E-state index is 12.3. The molecule has 2 aromatic carbocycles. The molecule has 3 N–H and O–H groups in total. The van der Waals surface area contributed by atoms with Crippen LogP contribution in [-0.4, -0.2) is 27.4 Å². The van der Waals surface area contributed by atoms with Gasteiger partial charge < -0.3 is 15.6 Å². The minimum absolute atomic E-state index is 0.182. The maximum atomic E-state index is 12.3. The number of nitrogens with zero attached hydrogens (tertiary/aromatic N) is 2. The van der Waals surface area contributed by atoms with Gasteiger partial charge >= 0.3 is 0 Å². The summed E-state index contributed by atoms with van der Waals surface area (Å²) >= 11 is 0. The average Bonchev–Trinajstić information content (AvgIpc) is 3.17. The van der Waals surface area contributed by atoms with Gasteiger partial charge in [0.2, 0.25) is 5.95 Å². The molecule has 0 aliphatic rings. The van der Waals surface area contributed by atoms with Crippen LogP contribution in [0, 0.1) is 6.92 Å². The van der Waals surface area contributed by atoms with Gasteiger partial charge in [-0.3, -0.25) is 4.79 Å². The lowest BCUT2D eigenvalue weighted by Gasteiger charge is -2.08. The van der Waals surface area contributed by atoms with Crippen molar-refractivity contribution in [1.82, 2.24) is 20.3 Å². The summed E-state index contributed by atoms with van der Waals surface area (Å²) in [6.07, 6.45) is 5.99. The summed E-state index contributed by atoms with van der Waals surface area (Å²) < 4.78 is 0. The van der Waals surface area contributed by atoms with Crippen LogP contribution in [0.5, 0.6) is 0 Å². The smallest absolute Gasteiger partial charge is 0.254 e. The van der Waals surface area contributed by atoms with E-state index in [1.54, 1.807) is 12.4 Å². The number of aromatic amines is 1. The van der Waals surface area contributed by atoms with Crippen molar-refractivity contribution in [1.29, 1.82) is 0 Å². The second kappa shape index (κ2) is 8.56. The van der Waals surface area contributed by atoms with E-state index in [9.17, 15) is 4.79 Å². The summed E-state index contributed by atoms with van der Waals surface area (Å²) in [6.45, 7) is 3.22. The second-order valence-electron chi connectivity index (χ2n) is 6.94. The number of para-hydroxylation sites is 1. The van der Waals surface area contributed by atoms with Gasteiger partial charge in [-0.15, -0.1) is 0 Å². The number of carbonyl (C=O) groups is 1. The Bertz CT molecular complexity index is 1120. The number of rotatable bonds is 7. The van der Waals surface area contributed by atoms with Gasteiger partial charge in [-0.05, 0) is 36.1 Å². The van der Waals surface area contributed by atoms with E-state index in [2.05, 4.69) is 37.7 Å². The van der Waals surface area contributed by atoms with E-state index in [1.807, 2.05) is 49.5 Å². The van der Waals surface area contributed by atoms with E-state index in [1.165, 1.54) is 10.9 Å². The Balaban J connectivity index is 1.29. The largest absolute Gasteiger partial charge is 0.361 e. The number of nitrogens with one attached hydrogen (secondary N) is 3. The molecule has 4 aromatic rings. The second-order valence-corrected chi connectivity index (χ2v) is 6.94. The third-order valence-corrected chi connectivity index (χ3v) is 4.97. The van der Waals surface area contributed by atoms with Crippen molar-refractivity contribution in [3.05, 3.63) is 89.4 Å². The monoisotopic (exact) mass is 385 g/mol. The highest BCUT2D eigenvalue weighted by molar-refractivity contribution is 5.93. The van der Waals surface area contributed by atoms with Crippen molar-refractivity contribution in [2.24, 2.45) is 0 Å². The zero-order valence-corrected chi connectivity index (χ0v) is 16.3. The van der Waals surface area contributed by atoms with Crippen LogP contribution >= 0.6 is 0 Å². The lowest BCUT2D eigenvalue weighted by Crippen LogP contribution is -2.23. The number of hydrogen-bond donors (Lipinski definition) is 3. The standard InChI is InChI=1S/C23H23N5O/c1-16-6-2-3-7-17(16)12-26-22(29)19-14-27-23(28-15-19)24-11-10-18-13-25-21-9-5-4-8-20(18)21/h2-9,13-15,25H,10-12H2,1H3,(H,26,29)(H,24,27,28). The normalized spacial score (nSPS) is 10.8. The van der Waals surface area contributed by atoms with Crippen molar-refractivity contribution >= 4 is 22.8 Å². The first-order chi connectivity index (χ1) is 14.2. The van der Waals surface area contributed by atoms with Gasteiger partial charge in [0.1, 0.15) is 0 Å². The van der Waals surface area contributed by atoms with Crippen molar-refractivity contribution < 1.29 is 4.79 Å². The van der Waals surface area contributed by atoms with Crippen LogP contribution in [0.3, 0.4) is 0 Å². The molecule has 0 aliphatic carbocycles. The molecule has 2 aromatic heterocycles. The first-order valence-electron chi connectivity index (χ1n) is 9.64. The highest BCUT2D eigenvalue weighted by Gasteiger charge is 2.08. The molecule has 0 bridgehead atoms. The highest BCUT2D eigenvalue weighted by Crippen LogP contribution is 2.18. The Labute approximate surface area is 169 Å².